The lowest BCUT2D eigenvalue weighted by atomic mass is 9.87. The summed E-state index contributed by atoms with van der Waals surface area (Å²) in [6.07, 6.45) is -16.2. The minimum Gasteiger partial charge on any atom is -0.504 e. The molecule has 0 spiro atoms. The first kappa shape index (κ1) is 37.6. The van der Waals surface area contributed by atoms with Gasteiger partial charge in [0, 0.05) is 0 Å². The predicted octanol–water partition coefficient (Wildman–Crippen LogP) is 7.20. The fourth-order valence-electron chi connectivity index (χ4n) is 2.57. The molecule has 0 radical (unpaired) electrons. The smallest absolute Gasteiger partial charge is 0.467 e. The summed E-state index contributed by atoms with van der Waals surface area (Å²) in [4.78, 5) is 11.6. The van der Waals surface area contributed by atoms with Gasteiger partial charge in [0.05, 0.1) is 5.56 Å². The van der Waals surface area contributed by atoms with E-state index in [4.69, 9.17) is 15.3 Å². The lowest BCUT2D eigenvalue weighted by Gasteiger charge is -2.44. The van der Waals surface area contributed by atoms with Crippen LogP contribution in [-0.2, 0) is 4.74 Å². The zero-order valence-corrected chi connectivity index (χ0v) is 18.8. The highest BCUT2D eigenvalue weighted by molar-refractivity contribution is 5.91. The maximum atomic E-state index is 14.4. The Labute approximate surface area is 219 Å². The number of ether oxygens (including phenoxy) is 1. The molecule has 0 saturated heterocycles. The molecule has 43 heavy (non-hydrogen) atoms. The van der Waals surface area contributed by atoms with Gasteiger partial charge in [0.1, 0.15) is 0 Å². The number of benzene rings is 1. The minimum absolute atomic E-state index is 0.448. The second kappa shape index (κ2) is 9.82. The molecule has 1 atom stereocenters. The third kappa shape index (κ3) is 4.92. The number of phenolic OH excluding ortho intramolecular Hbond substituents is 3. The Balaban J connectivity index is 3.91. The number of esters is 1. The second-order valence-electron chi connectivity index (χ2n) is 7.86. The van der Waals surface area contributed by atoms with Gasteiger partial charge in [-0.15, -0.1) is 0 Å². The molecule has 5 nitrogen and oxygen atoms in total. The lowest BCUT2D eigenvalue weighted by molar-refractivity contribution is -0.484. The van der Waals surface area contributed by atoms with E-state index in [1.165, 1.54) is 0 Å². The van der Waals surface area contributed by atoms with Crippen molar-refractivity contribution in [3.63, 3.8) is 0 Å². The van der Waals surface area contributed by atoms with Crippen LogP contribution in [-0.4, -0.2) is 81.0 Å². The Morgan fingerprint density at radius 2 is 0.744 bits per heavy atom. The third-order valence-corrected chi connectivity index (χ3v) is 5.03. The quantitative estimate of drug-likeness (QED) is 0.145. The van der Waals surface area contributed by atoms with Gasteiger partial charge in [-0.2, -0.15) is 92.2 Å². The molecule has 1 aromatic carbocycles. The number of carbonyl (C=O) groups excluding carboxylic acids is 1. The summed E-state index contributed by atoms with van der Waals surface area (Å²) in [5.41, 5.74) is -2.09. The van der Waals surface area contributed by atoms with Crippen LogP contribution in [0, 0.1) is 0 Å². The van der Waals surface area contributed by atoms with E-state index in [9.17, 15) is 97.0 Å². The number of carbonyl (C=O) groups is 1. The van der Waals surface area contributed by atoms with Gasteiger partial charge in [0.15, 0.2) is 17.2 Å². The van der Waals surface area contributed by atoms with Crippen LogP contribution in [0.25, 0.3) is 0 Å². The zero-order chi connectivity index (χ0) is 35.0. The largest absolute Gasteiger partial charge is 0.504 e. The first-order chi connectivity index (χ1) is 18.5. The average Bonchev–Trinajstić information content (AvgIpc) is 2.79. The fraction of sp³-hybridized carbons (Fsp3) is 0.588. The number of alkyl halides is 21. The van der Waals surface area contributed by atoms with Crippen LogP contribution in [0.3, 0.4) is 0 Å². The Bertz CT molecular complexity index is 1210. The average molecular weight is 688 g/mol. The van der Waals surface area contributed by atoms with Crippen molar-refractivity contribution in [3.8, 4) is 17.2 Å². The molecule has 0 saturated carbocycles. The van der Waals surface area contributed by atoms with E-state index < -0.39 is 101 Å². The molecule has 1 aromatic rings. The third-order valence-electron chi connectivity index (χ3n) is 5.03. The Hall–Kier alpha value is -3.38. The highest BCUT2D eigenvalue weighted by atomic mass is 19.4. The minimum atomic E-state index is -9.37. The van der Waals surface area contributed by atoms with E-state index in [0.717, 1.165) is 0 Å². The summed E-state index contributed by atoms with van der Waals surface area (Å²) in [5.74, 6) is -80.7. The van der Waals surface area contributed by atoms with Crippen molar-refractivity contribution >= 4 is 5.97 Å². The van der Waals surface area contributed by atoms with Crippen molar-refractivity contribution in [2.24, 2.45) is 0 Å². The van der Waals surface area contributed by atoms with Crippen molar-refractivity contribution in [3.05, 3.63) is 17.7 Å². The van der Waals surface area contributed by atoms with Crippen molar-refractivity contribution in [1.29, 1.82) is 0 Å². The molecular weight excluding hydrogens is 683 g/mol. The number of hydrogen-bond acceptors (Lipinski definition) is 5. The van der Waals surface area contributed by atoms with Crippen LogP contribution in [0.15, 0.2) is 12.1 Å². The van der Waals surface area contributed by atoms with Crippen molar-refractivity contribution in [1.82, 2.24) is 0 Å². The molecule has 1 rings (SSSR count). The molecule has 250 valence electrons. The van der Waals surface area contributed by atoms with Gasteiger partial charge in [-0.1, -0.05) is 0 Å². The van der Waals surface area contributed by atoms with Crippen LogP contribution in [0.4, 0.5) is 92.2 Å². The Kier molecular flexibility index (Phi) is 8.59. The number of aromatic hydroxyl groups is 3. The van der Waals surface area contributed by atoms with E-state index >= 15 is 0 Å². The van der Waals surface area contributed by atoms with Crippen molar-refractivity contribution < 1.29 is 117 Å². The molecular formula is C17H5F21O5. The topological polar surface area (TPSA) is 87.0 Å². The molecule has 0 heterocycles. The standard InChI is InChI=1S/C17H5F21O5/c18-8(19,10(22,23)12(26,27)14(30,31)16(33,34)35)9(20,21)11(24,25)13(28,29)15(32,17(36,37)38)43-7(42)3-1-4(39)6(41)5(40)2-3/h1-2,39-41H. The molecule has 0 fully saturated rings. The molecule has 26 heteroatoms. The fourth-order valence-corrected chi connectivity index (χ4v) is 2.57. The normalized spacial score (nSPS) is 16.6. The Morgan fingerprint density at radius 3 is 1.02 bits per heavy atom. The number of phenols is 3. The highest BCUT2D eigenvalue weighted by Gasteiger charge is 2.98. The summed E-state index contributed by atoms with van der Waals surface area (Å²) in [6.45, 7) is 0. The molecule has 0 aliphatic carbocycles. The number of hydrogen-bond donors (Lipinski definition) is 3. The summed E-state index contributed by atoms with van der Waals surface area (Å²) in [6, 6.07) is -0.895. The van der Waals surface area contributed by atoms with Gasteiger partial charge in [-0.25, -0.2) is 4.79 Å². The van der Waals surface area contributed by atoms with E-state index in [1.807, 2.05) is 0 Å². The van der Waals surface area contributed by atoms with E-state index in [-0.39, 0.29) is 0 Å². The second-order valence-corrected chi connectivity index (χ2v) is 7.86. The summed E-state index contributed by atoms with van der Waals surface area (Å²) >= 11 is 0. The van der Waals surface area contributed by atoms with Crippen molar-refractivity contribution in [2.45, 2.75) is 59.7 Å². The first-order valence-corrected chi connectivity index (χ1v) is 9.41. The lowest BCUT2D eigenvalue weighted by Crippen LogP contribution is -2.77. The molecule has 0 aromatic heterocycles. The molecule has 0 bridgehead atoms. The van der Waals surface area contributed by atoms with Gasteiger partial charge in [-0.3, -0.25) is 0 Å². The molecule has 0 amide bonds. The van der Waals surface area contributed by atoms with Crippen LogP contribution in [0.2, 0.25) is 0 Å². The first-order valence-electron chi connectivity index (χ1n) is 9.41. The number of rotatable bonds is 9. The summed E-state index contributed by atoms with van der Waals surface area (Å²) < 4.78 is 282. The summed E-state index contributed by atoms with van der Waals surface area (Å²) in [7, 11) is 0. The Morgan fingerprint density at radius 1 is 0.465 bits per heavy atom. The van der Waals surface area contributed by atoms with E-state index in [2.05, 4.69) is 4.74 Å². The number of halogens is 21. The van der Waals surface area contributed by atoms with Gasteiger partial charge in [0.2, 0.25) is 0 Å². The van der Waals surface area contributed by atoms with Crippen LogP contribution < -0.4 is 0 Å². The SMILES string of the molecule is O=C(OC(F)(C(F)(F)F)C(F)(F)C(F)(F)C(F)(F)C(F)(F)C(F)(F)C(F)(F)C(F)(F)C(F)(F)F)c1cc(O)c(O)c(O)c1. The van der Waals surface area contributed by atoms with Gasteiger partial charge in [0.25, 0.3) is 0 Å². The van der Waals surface area contributed by atoms with E-state index in [1.54, 1.807) is 0 Å². The monoisotopic (exact) mass is 688 g/mol. The van der Waals surface area contributed by atoms with Crippen LogP contribution in [0.5, 0.6) is 17.2 Å². The zero-order valence-electron chi connectivity index (χ0n) is 18.8. The van der Waals surface area contributed by atoms with Crippen LogP contribution >= 0.6 is 0 Å². The van der Waals surface area contributed by atoms with Gasteiger partial charge in [-0.05, 0) is 12.1 Å². The molecule has 3 N–H and O–H groups in total. The highest BCUT2D eigenvalue weighted by Crippen LogP contribution is 2.66. The summed E-state index contributed by atoms with van der Waals surface area (Å²) in [5, 5.41) is 27.2. The maximum Gasteiger partial charge on any atom is 0.467 e. The van der Waals surface area contributed by atoms with Crippen LogP contribution in [0.1, 0.15) is 10.4 Å². The van der Waals surface area contributed by atoms with E-state index in [0.29, 0.717) is 0 Å². The maximum absolute atomic E-state index is 14.4. The van der Waals surface area contributed by atoms with Gasteiger partial charge >= 0.3 is 65.6 Å². The molecule has 1 unspecified atom stereocenters. The predicted molar refractivity (Wildman–Crippen MR) is 87.4 cm³/mol. The molecule has 0 aliphatic heterocycles. The van der Waals surface area contributed by atoms with Crippen molar-refractivity contribution in [2.75, 3.05) is 0 Å². The molecule has 0 aliphatic rings. The van der Waals surface area contributed by atoms with Gasteiger partial charge < -0.3 is 20.1 Å².